The van der Waals surface area contributed by atoms with Gasteiger partial charge in [-0.3, -0.25) is 4.79 Å². The SMILES string of the molecule is CCOc1cc(/C=N/NC(=O)CSc2nc3ccccc3o2)ccc1OCc1ccccc1. The summed E-state index contributed by atoms with van der Waals surface area (Å²) in [6.07, 6.45) is 1.56. The number of hydrogen-bond donors (Lipinski definition) is 1. The van der Waals surface area contributed by atoms with Gasteiger partial charge in [-0.1, -0.05) is 54.2 Å². The van der Waals surface area contributed by atoms with E-state index in [0.717, 1.165) is 16.6 Å². The van der Waals surface area contributed by atoms with Gasteiger partial charge in [0.25, 0.3) is 11.1 Å². The number of carbonyl (C=O) groups excluding carboxylic acids is 1. The Morgan fingerprint density at radius 3 is 2.70 bits per heavy atom. The van der Waals surface area contributed by atoms with E-state index < -0.39 is 0 Å². The van der Waals surface area contributed by atoms with Crippen molar-refractivity contribution < 1.29 is 18.7 Å². The van der Waals surface area contributed by atoms with Crippen molar-refractivity contribution in [1.82, 2.24) is 10.4 Å². The highest BCUT2D eigenvalue weighted by molar-refractivity contribution is 7.99. The smallest absolute Gasteiger partial charge is 0.257 e. The molecule has 0 atom stereocenters. The first-order valence-corrected chi connectivity index (χ1v) is 11.4. The van der Waals surface area contributed by atoms with Crippen LogP contribution in [0.25, 0.3) is 11.1 Å². The summed E-state index contributed by atoms with van der Waals surface area (Å²) < 4.78 is 17.2. The molecule has 3 aromatic carbocycles. The maximum atomic E-state index is 12.1. The van der Waals surface area contributed by atoms with Crippen molar-refractivity contribution in [3.63, 3.8) is 0 Å². The van der Waals surface area contributed by atoms with Gasteiger partial charge in [0, 0.05) is 0 Å². The number of carbonyl (C=O) groups is 1. The number of nitrogens with one attached hydrogen (secondary N) is 1. The van der Waals surface area contributed by atoms with Crippen LogP contribution in [0.3, 0.4) is 0 Å². The minimum atomic E-state index is -0.258. The molecule has 1 N–H and O–H groups in total. The molecule has 7 nitrogen and oxygen atoms in total. The zero-order valence-corrected chi connectivity index (χ0v) is 18.9. The number of ether oxygens (including phenoxy) is 2. The molecule has 4 rings (SSSR count). The van der Waals surface area contributed by atoms with E-state index in [1.807, 2.05) is 79.7 Å². The zero-order valence-electron chi connectivity index (χ0n) is 18.1. The molecule has 0 aliphatic heterocycles. The van der Waals surface area contributed by atoms with E-state index in [2.05, 4.69) is 15.5 Å². The molecule has 0 aliphatic rings. The zero-order chi connectivity index (χ0) is 22.9. The lowest BCUT2D eigenvalue weighted by Crippen LogP contribution is -2.19. The van der Waals surface area contributed by atoms with Crippen LogP contribution in [0.5, 0.6) is 11.5 Å². The Morgan fingerprint density at radius 2 is 1.88 bits per heavy atom. The van der Waals surface area contributed by atoms with E-state index >= 15 is 0 Å². The lowest BCUT2D eigenvalue weighted by Gasteiger charge is -2.12. The molecule has 0 saturated heterocycles. The molecule has 4 aromatic rings. The predicted molar refractivity (Wildman–Crippen MR) is 129 cm³/mol. The number of hydrogen-bond acceptors (Lipinski definition) is 7. The van der Waals surface area contributed by atoms with Gasteiger partial charge >= 0.3 is 0 Å². The number of nitrogens with zero attached hydrogens (tertiary/aromatic N) is 2. The molecule has 1 heterocycles. The summed E-state index contributed by atoms with van der Waals surface area (Å²) in [6.45, 7) is 2.87. The van der Waals surface area contributed by atoms with Crippen LogP contribution >= 0.6 is 11.8 Å². The summed E-state index contributed by atoms with van der Waals surface area (Å²) >= 11 is 1.21. The molecule has 0 unspecified atom stereocenters. The van der Waals surface area contributed by atoms with Crippen molar-refractivity contribution in [2.45, 2.75) is 18.8 Å². The van der Waals surface area contributed by atoms with Crippen molar-refractivity contribution in [3.05, 3.63) is 83.9 Å². The average molecular weight is 462 g/mol. The Balaban J connectivity index is 1.30. The van der Waals surface area contributed by atoms with Gasteiger partial charge in [0.2, 0.25) is 0 Å². The Hall–Kier alpha value is -3.78. The van der Waals surface area contributed by atoms with Crippen LogP contribution in [-0.2, 0) is 11.4 Å². The molecular formula is C25H23N3O4S. The maximum absolute atomic E-state index is 12.1. The first-order chi connectivity index (χ1) is 16.2. The number of oxazole rings is 1. The van der Waals surface area contributed by atoms with Gasteiger partial charge in [0.15, 0.2) is 17.1 Å². The van der Waals surface area contributed by atoms with Gasteiger partial charge in [-0.05, 0) is 48.4 Å². The second-order valence-corrected chi connectivity index (χ2v) is 7.87. The normalized spacial score (nSPS) is 11.1. The molecule has 0 bridgehead atoms. The molecule has 33 heavy (non-hydrogen) atoms. The molecular weight excluding hydrogens is 438 g/mol. The average Bonchev–Trinajstić information content (AvgIpc) is 3.26. The number of thioether (sulfide) groups is 1. The van der Waals surface area contributed by atoms with Crippen LogP contribution < -0.4 is 14.9 Å². The molecule has 0 radical (unpaired) electrons. The third kappa shape index (κ3) is 6.36. The van der Waals surface area contributed by atoms with Crippen LogP contribution in [0.15, 0.2) is 87.5 Å². The second kappa shape index (κ2) is 11.2. The van der Waals surface area contributed by atoms with Gasteiger partial charge in [-0.15, -0.1) is 0 Å². The standard InChI is InChI=1S/C25H23N3O4S/c1-2-30-23-14-19(12-13-22(23)31-16-18-8-4-3-5-9-18)15-26-28-24(29)17-33-25-27-20-10-6-7-11-21(20)32-25/h3-15H,2,16-17H2,1H3,(H,28,29)/b26-15+. The third-order valence-electron chi connectivity index (χ3n) is 4.51. The van der Waals surface area contributed by atoms with E-state index in [1.165, 1.54) is 11.8 Å². The Kier molecular flexibility index (Phi) is 7.60. The summed E-state index contributed by atoms with van der Waals surface area (Å²) in [5.41, 5.74) is 5.82. The molecule has 1 amide bonds. The highest BCUT2D eigenvalue weighted by atomic mass is 32.2. The molecule has 0 saturated carbocycles. The van der Waals surface area contributed by atoms with Crippen molar-refractivity contribution in [3.8, 4) is 11.5 Å². The lowest BCUT2D eigenvalue weighted by atomic mass is 10.2. The van der Waals surface area contributed by atoms with Gasteiger partial charge < -0.3 is 13.9 Å². The van der Waals surface area contributed by atoms with E-state index in [9.17, 15) is 4.79 Å². The van der Waals surface area contributed by atoms with E-state index in [-0.39, 0.29) is 11.7 Å². The number of amides is 1. The summed E-state index contributed by atoms with van der Waals surface area (Å²) in [6, 6.07) is 22.9. The Bertz CT molecular complexity index is 1210. The minimum absolute atomic E-state index is 0.140. The molecule has 1 aromatic heterocycles. The molecule has 0 spiro atoms. The second-order valence-electron chi connectivity index (χ2n) is 6.94. The number of benzene rings is 3. The van der Waals surface area contributed by atoms with Gasteiger partial charge in [0.1, 0.15) is 12.1 Å². The van der Waals surface area contributed by atoms with Crippen LogP contribution in [0.4, 0.5) is 0 Å². The largest absolute Gasteiger partial charge is 0.490 e. The quantitative estimate of drug-likeness (QED) is 0.202. The van der Waals surface area contributed by atoms with Crippen LogP contribution in [-0.4, -0.2) is 29.5 Å². The highest BCUT2D eigenvalue weighted by Gasteiger charge is 2.09. The Labute approximate surface area is 195 Å². The minimum Gasteiger partial charge on any atom is -0.490 e. The maximum Gasteiger partial charge on any atom is 0.257 e. The monoisotopic (exact) mass is 461 g/mol. The number of para-hydroxylation sites is 2. The fourth-order valence-electron chi connectivity index (χ4n) is 2.98. The summed E-state index contributed by atoms with van der Waals surface area (Å²) in [5, 5.41) is 4.48. The molecule has 168 valence electrons. The van der Waals surface area contributed by atoms with Gasteiger partial charge in [-0.25, -0.2) is 10.4 Å². The van der Waals surface area contributed by atoms with Crippen LogP contribution in [0, 0.1) is 0 Å². The summed E-state index contributed by atoms with van der Waals surface area (Å²) in [5.74, 6) is 1.15. The van der Waals surface area contributed by atoms with E-state index in [1.54, 1.807) is 6.21 Å². The fourth-order valence-corrected chi connectivity index (χ4v) is 3.61. The van der Waals surface area contributed by atoms with Crippen molar-refractivity contribution in [2.75, 3.05) is 12.4 Å². The van der Waals surface area contributed by atoms with Crippen molar-refractivity contribution in [2.24, 2.45) is 5.10 Å². The first-order valence-electron chi connectivity index (χ1n) is 10.4. The summed E-state index contributed by atoms with van der Waals surface area (Å²) in [4.78, 5) is 16.4. The first kappa shape index (κ1) is 22.4. The fraction of sp³-hybridized carbons (Fsp3) is 0.160. The number of aromatic nitrogens is 1. The highest BCUT2D eigenvalue weighted by Crippen LogP contribution is 2.29. The Morgan fingerprint density at radius 1 is 1.06 bits per heavy atom. The topological polar surface area (TPSA) is 86.0 Å². The van der Waals surface area contributed by atoms with Crippen LogP contribution in [0.2, 0.25) is 0 Å². The van der Waals surface area contributed by atoms with Gasteiger partial charge in [0.05, 0.1) is 18.6 Å². The van der Waals surface area contributed by atoms with Gasteiger partial charge in [-0.2, -0.15) is 5.10 Å². The number of fused-ring (bicyclic) bond motifs is 1. The van der Waals surface area contributed by atoms with Crippen molar-refractivity contribution >= 4 is 35.0 Å². The lowest BCUT2D eigenvalue weighted by molar-refractivity contribution is -0.118. The molecule has 8 heteroatoms. The molecule has 0 aliphatic carbocycles. The third-order valence-corrected chi connectivity index (χ3v) is 5.34. The number of hydrazone groups is 1. The summed E-state index contributed by atoms with van der Waals surface area (Å²) in [7, 11) is 0. The molecule has 0 fully saturated rings. The number of rotatable bonds is 10. The van der Waals surface area contributed by atoms with E-state index in [0.29, 0.717) is 35.5 Å². The predicted octanol–water partition coefficient (Wildman–Crippen LogP) is 5.05. The van der Waals surface area contributed by atoms with Crippen molar-refractivity contribution in [1.29, 1.82) is 0 Å². The van der Waals surface area contributed by atoms with E-state index in [4.69, 9.17) is 13.9 Å². The van der Waals surface area contributed by atoms with Crippen LogP contribution in [0.1, 0.15) is 18.1 Å².